The largest absolute Gasteiger partial charge is 0.350 e. The molecule has 1 aromatic heterocycles. The van der Waals surface area contributed by atoms with Gasteiger partial charge < -0.3 is 5.32 Å². The number of anilines is 2. The van der Waals surface area contributed by atoms with Crippen LogP contribution in [-0.4, -0.2) is 41.1 Å². The summed E-state index contributed by atoms with van der Waals surface area (Å²) in [5.74, 6) is -0.992. The highest BCUT2D eigenvalue weighted by Gasteiger charge is 2.42. The number of hydrogen-bond donors (Lipinski definition) is 2. The molecule has 2 N–H and O–H groups in total. The fraction of sp³-hybridized carbons (Fsp3) is 0.300. The van der Waals surface area contributed by atoms with Gasteiger partial charge in [-0.2, -0.15) is 0 Å². The summed E-state index contributed by atoms with van der Waals surface area (Å²) in [6, 6.07) is 7.13. The SMILES string of the molecule is O=C1C(Cl)=C(Nc2ccc(S(=O)(=O)Nc3ncccn3)cc2)C(=O)N1C1CCCCC1. The van der Waals surface area contributed by atoms with Gasteiger partial charge in [0, 0.05) is 24.1 Å². The Balaban J connectivity index is 1.48. The fourth-order valence-corrected chi connectivity index (χ4v) is 4.87. The molecule has 1 saturated carbocycles. The number of nitrogens with zero attached hydrogens (tertiary/aromatic N) is 3. The van der Waals surface area contributed by atoms with Gasteiger partial charge in [0.1, 0.15) is 10.7 Å². The van der Waals surface area contributed by atoms with Crippen molar-refractivity contribution in [2.45, 2.75) is 43.0 Å². The number of nitrogens with one attached hydrogen (secondary N) is 2. The molecule has 0 radical (unpaired) electrons. The van der Waals surface area contributed by atoms with Crippen LogP contribution in [0.4, 0.5) is 11.6 Å². The minimum absolute atomic E-state index is 0.00339. The van der Waals surface area contributed by atoms with E-state index in [0.29, 0.717) is 5.69 Å². The molecule has 1 aromatic carbocycles. The molecule has 1 aliphatic heterocycles. The van der Waals surface area contributed by atoms with Gasteiger partial charge in [0.2, 0.25) is 5.95 Å². The van der Waals surface area contributed by atoms with Gasteiger partial charge in [0.15, 0.2) is 0 Å². The van der Waals surface area contributed by atoms with Crippen molar-refractivity contribution in [3.63, 3.8) is 0 Å². The lowest BCUT2D eigenvalue weighted by molar-refractivity contribution is -0.140. The molecule has 1 fully saturated rings. The Hall–Kier alpha value is -2.98. The molecule has 2 aliphatic rings. The molecule has 162 valence electrons. The first-order valence-corrected chi connectivity index (χ1v) is 11.7. The Morgan fingerprint density at radius 2 is 1.61 bits per heavy atom. The third-order valence-electron chi connectivity index (χ3n) is 5.22. The minimum Gasteiger partial charge on any atom is -0.350 e. The van der Waals surface area contributed by atoms with Crippen LogP contribution in [0.2, 0.25) is 0 Å². The normalized spacial score (nSPS) is 17.9. The van der Waals surface area contributed by atoms with Crippen LogP contribution in [0.15, 0.2) is 58.4 Å². The van der Waals surface area contributed by atoms with Gasteiger partial charge >= 0.3 is 0 Å². The zero-order chi connectivity index (χ0) is 22.0. The lowest BCUT2D eigenvalue weighted by atomic mass is 9.94. The number of aromatic nitrogens is 2. The van der Waals surface area contributed by atoms with Crippen molar-refractivity contribution in [2.24, 2.45) is 0 Å². The average molecular weight is 462 g/mol. The van der Waals surface area contributed by atoms with Gasteiger partial charge in [-0.05, 0) is 43.2 Å². The molecule has 2 amide bonds. The molecule has 0 atom stereocenters. The summed E-state index contributed by atoms with van der Waals surface area (Å²) in [6.07, 6.45) is 7.44. The van der Waals surface area contributed by atoms with E-state index in [0.717, 1.165) is 32.1 Å². The van der Waals surface area contributed by atoms with Crippen LogP contribution in [-0.2, 0) is 19.6 Å². The molecule has 4 rings (SSSR count). The molecule has 2 aromatic rings. The van der Waals surface area contributed by atoms with Crippen molar-refractivity contribution in [1.29, 1.82) is 0 Å². The first kappa shape index (κ1) is 21.3. The molecule has 1 aliphatic carbocycles. The quantitative estimate of drug-likeness (QED) is 0.634. The zero-order valence-corrected chi connectivity index (χ0v) is 18.0. The van der Waals surface area contributed by atoms with Gasteiger partial charge in [-0.25, -0.2) is 23.1 Å². The van der Waals surface area contributed by atoms with Crippen LogP contribution in [0, 0.1) is 0 Å². The zero-order valence-electron chi connectivity index (χ0n) is 16.4. The molecule has 31 heavy (non-hydrogen) atoms. The maximum atomic E-state index is 12.8. The van der Waals surface area contributed by atoms with Gasteiger partial charge in [-0.3, -0.25) is 14.5 Å². The molecule has 2 heterocycles. The summed E-state index contributed by atoms with van der Waals surface area (Å²) in [5.41, 5.74) is 0.429. The predicted octanol–water partition coefficient (Wildman–Crippen LogP) is 2.84. The number of carbonyl (C=O) groups is 2. The lowest BCUT2D eigenvalue weighted by Gasteiger charge is -2.29. The van der Waals surface area contributed by atoms with Crippen molar-refractivity contribution in [2.75, 3.05) is 10.0 Å². The van der Waals surface area contributed by atoms with E-state index in [1.807, 2.05) is 0 Å². The first-order valence-electron chi connectivity index (χ1n) is 9.81. The number of imide groups is 1. The summed E-state index contributed by atoms with van der Waals surface area (Å²) >= 11 is 6.17. The first-order chi connectivity index (χ1) is 14.9. The Kier molecular flexibility index (Phi) is 5.92. The van der Waals surface area contributed by atoms with E-state index in [2.05, 4.69) is 20.0 Å². The smallest absolute Gasteiger partial charge is 0.279 e. The molecule has 0 unspecified atom stereocenters. The van der Waals surface area contributed by atoms with Crippen molar-refractivity contribution in [3.05, 3.63) is 53.5 Å². The number of sulfonamides is 1. The lowest BCUT2D eigenvalue weighted by Crippen LogP contribution is -2.42. The van der Waals surface area contributed by atoms with E-state index in [1.54, 1.807) is 6.07 Å². The predicted molar refractivity (Wildman–Crippen MR) is 115 cm³/mol. The van der Waals surface area contributed by atoms with Crippen LogP contribution in [0.1, 0.15) is 32.1 Å². The highest BCUT2D eigenvalue weighted by Crippen LogP contribution is 2.32. The number of rotatable bonds is 6. The summed E-state index contributed by atoms with van der Waals surface area (Å²) in [5, 5.41) is 2.71. The number of carbonyl (C=O) groups excluding carboxylic acids is 2. The van der Waals surface area contributed by atoms with E-state index in [-0.39, 0.29) is 27.6 Å². The van der Waals surface area contributed by atoms with Crippen LogP contribution in [0.5, 0.6) is 0 Å². The standard InChI is InChI=1S/C20H20ClN5O4S/c21-16-17(19(28)26(18(16)27)14-5-2-1-3-6-14)24-13-7-9-15(10-8-13)31(29,30)25-20-22-11-4-12-23-20/h4,7-12,14,24H,1-3,5-6H2,(H,22,23,25). The summed E-state index contributed by atoms with van der Waals surface area (Å²) in [6.45, 7) is 0. The van der Waals surface area contributed by atoms with Gasteiger partial charge in [-0.1, -0.05) is 30.9 Å². The Labute approximate surface area is 184 Å². The Morgan fingerprint density at radius 3 is 2.26 bits per heavy atom. The second-order valence-corrected chi connectivity index (χ2v) is 9.35. The van der Waals surface area contributed by atoms with Crippen LogP contribution < -0.4 is 10.0 Å². The van der Waals surface area contributed by atoms with Gasteiger partial charge in [0.25, 0.3) is 21.8 Å². The van der Waals surface area contributed by atoms with Crippen LogP contribution in [0.3, 0.4) is 0 Å². The third kappa shape index (κ3) is 4.40. The topological polar surface area (TPSA) is 121 Å². The number of benzene rings is 1. The monoisotopic (exact) mass is 461 g/mol. The Bertz CT molecular complexity index is 1130. The molecule has 0 saturated heterocycles. The Morgan fingerprint density at radius 1 is 0.968 bits per heavy atom. The van der Waals surface area contributed by atoms with Crippen molar-refractivity contribution < 1.29 is 18.0 Å². The van der Waals surface area contributed by atoms with Crippen molar-refractivity contribution in [1.82, 2.24) is 14.9 Å². The number of amides is 2. The maximum absolute atomic E-state index is 12.8. The van der Waals surface area contributed by atoms with E-state index in [1.165, 1.54) is 41.6 Å². The van der Waals surface area contributed by atoms with Crippen LogP contribution in [0.25, 0.3) is 0 Å². The fourth-order valence-electron chi connectivity index (χ4n) is 3.69. The molecule has 9 nitrogen and oxygen atoms in total. The van der Waals surface area contributed by atoms with Crippen LogP contribution >= 0.6 is 11.6 Å². The molecular weight excluding hydrogens is 442 g/mol. The maximum Gasteiger partial charge on any atom is 0.279 e. The van der Waals surface area contributed by atoms with Crippen molar-refractivity contribution >= 4 is 45.1 Å². The minimum atomic E-state index is -3.88. The third-order valence-corrected chi connectivity index (χ3v) is 6.92. The number of halogens is 1. The van der Waals surface area contributed by atoms with Crippen molar-refractivity contribution in [3.8, 4) is 0 Å². The summed E-state index contributed by atoms with van der Waals surface area (Å²) in [7, 11) is -3.88. The van der Waals surface area contributed by atoms with E-state index in [9.17, 15) is 18.0 Å². The van der Waals surface area contributed by atoms with Gasteiger partial charge in [-0.15, -0.1) is 0 Å². The summed E-state index contributed by atoms with van der Waals surface area (Å²) < 4.78 is 27.2. The molecule has 11 heteroatoms. The second-order valence-electron chi connectivity index (χ2n) is 7.29. The highest BCUT2D eigenvalue weighted by atomic mass is 35.5. The van der Waals surface area contributed by atoms with E-state index in [4.69, 9.17) is 11.6 Å². The van der Waals surface area contributed by atoms with E-state index >= 15 is 0 Å². The van der Waals surface area contributed by atoms with E-state index < -0.39 is 21.8 Å². The number of hydrogen-bond acceptors (Lipinski definition) is 7. The summed E-state index contributed by atoms with van der Waals surface area (Å²) in [4.78, 5) is 34.3. The molecular formula is C20H20ClN5O4S. The average Bonchev–Trinajstić information content (AvgIpc) is 2.98. The highest BCUT2D eigenvalue weighted by molar-refractivity contribution is 7.92. The van der Waals surface area contributed by atoms with Gasteiger partial charge in [0.05, 0.1) is 4.90 Å². The second kappa shape index (κ2) is 8.64. The molecule has 0 bridgehead atoms. The molecule has 0 spiro atoms.